The molecule has 0 spiro atoms. The van der Waals surface area contributed by atoms with Gasteiger partial charge in [-0.15, -0.1) is 0 Å². The average molecular weight is 810 g/mol. The molecule has 6 bridgehead atoms. The van der Waals surface area contributed by atoms with E-state index in [1.54, 1.807) is 27.7 Å². The second-order valence-corrected chi connectivity index (χ2v) is 21.5. The molecular formula is C42H67NO12S. The zero-order valence-electron chi connectivity index (χ0n) is 35.3. The lowest BCUT2D eigenvalue weighted by Crippen LogP contribution is -2.58. The molecule has 1 N–H and O–H groups in total. The number of ether oxygens (including phenoxy) is 5. The minimum atomic E-state index is -3.28. The second-order valence-electron chi connectivity index (χ2n) is 19.6. The fourth-order valence-electron chi connectivity index (χ4n) is 9.65. The van der Waals surface area contributed by atoms with E-state index in [0.717, 1.165) is 24.7 Å². The molecule has 318 valence electrons. The van der Waals surface area contributed by atoms with E-state index in [2.05, 4.69) is 18.6 Å². The normalized spacial score (nSPS) is 35.7. The van der Waals surface area contributed by atoms with Crippen LogP contribution in [0.15, 0.2) is 0 Å². The minimum Gasteiger partial charge on any atom is -0.463 e. The summed E-state index contributed by atoms with van der Waals surface area (Å²) in [7, 11) is -3.28. The van der Waals surface area contributed by atoms with Gasteiger partial charge in [0.1, 0.15) is 11.7 Å². The summed E-state index contributed by atoms with van der Waals surface area (Å²) in [6.07, 6.45) is 9.42. The smallest absolute Gasteiger partial charge is 0.347 e. The van der Waals surface area contributed by atoms with E-state index in [1.807, 2.05) is 27.7 Å². The van der Waals surface area contributed by atoms with Crippen LogP contribution in [0.25, 0.3) is 0 Å². The molecule has 0 amide bonds. The molecule has 56 heavy (non-hydrogen) atoms. The van der Waals surface area contributed by atoms with Crippen molar-refractivity contribution in [1.82, 2.24) is 4.72 Å². The third-order valence-corrected chi connectivity index (χ3v) is 16.6. The van der Waals surface area contributed by atoms with Crippen molar-refractivity contribution in [1.29, 1.82) is 0 Å². The highest BCUT2D eigenvalue weighted by molar-refractivity contribution is 7.90. The first-order valence-electron chi connectivity index (χ1n) is 21.0. The van der Waals surface area contributed by atoms with E-state index in [9.17, 15) is 32.4 Å². The Morgan fingerprint density at radius 1 is 0.768 bits per heavy atom. The van der Waals surface area contributed by atoms with Crippen LogP contribution in [0, 0.1) is 51.8 Å². The van der Waals surface area contributed by atoms with E-state index in [4.69, 9.17) is 23.7 Å². The Morgan fingerprint density at radius 2 is 1.30 bits per heavy atom. The van der Waals surface area contributed by atoms with Gasteiger partial charge in [0, 0.05) is 6.42 Å². The molecule has 8 aliphatic rings. The highest BCUT2D eigenvalue weighted by atomic mass is 32.2. The molecule has 0 radical (unpaired) electrons. The molecule has 2 saturated heterocycles. The fraction of sp³-hybridized carbons (Fsp3) is 0.881. The summed E-state index contributed by atoms with van der Waals surface area (Å²) >= 11 is 0. The number of esters is 5. The highest BCUT2D eigenvalue weighted by Crippen LogP contribution is 2.60. The number of sulfonamides is 1. The number of carbonyl (C=O) groups excluding carboxylic acids is 5. The van der Waals surface area contributed by atoms with Crippen LogP contribution < -0.4 is 4.72 Å². The number of rotatable bonds is 11. The molecule has 6 aliphatic carbocycles. The number of carbonyl (C=O) groups is 5. The highest BCUT2D eigenvalue weighted by Gasteiger charge is 2.64. The number of nitrogens with one attached hydrogen (secondary N) is 1. The van der Waals surface area contributed by atoms with Crippen molar-refractivity contribution in [3.63, 3.8) is 0 Å². The molecule has 6 unspecified atom stereocenters. The first-order chi connectivity index (χ1) is 26.0. The third-order valence-electron chi connectivity index (χ3n) is 14.7. The van der Waals surface area contributed by atoms with E-state index < -0.39 is 57.6 Å². The first-order valence-corrected chi connectivity index (χ1v) is 22.5. The summed E-state index contributed by atoms with van der Waals surface area (Å²) < 4.78 is 52.9. The topological polar surface area (TPSA) is 178 Å². The van der Waals surface area contributed by atoms with Crippen molar-refractivity contribution in [3.8, 4) is 0 Å². The van der Waals surface area contributed by atoms with Crippen LogP contribution in [0.3, 0.4) is 0 Å². The molecule has 8 fully saturated rings. The van der Waals surface area contributed by atoms with Gasteiger partial charge in [0.2, 0.25) is 16.1 Å². The molecule has 6 atom stereocenters. The quantitative estimate of drug-likeness (QED) is 0.189. The van der Waals surface area contributed by atoms with Gasteiger partial charge in [-0.1, -0.05) is 20.8 Å². The van der Waals surface area contributed by atoms with Crippen LogP contribution >= 0.6 is 0 Å². The Morgan fingerprint density at radius 3 is 1.82 bits per heavy atom. The molecule has 0 aromatic rings. The van der Waals surface area contributed by atoms with E-state index in [-0.39, 0.29) is 46.1 Å². The Hall–Kier alpha value is -2.74. The van der Waals surface area contributed by atoms with E-state index in [0.29, 0.717) is 44.1 Å². The van der Waals surface area contributed by atoms with E-state index in [1.165, 1.54) is 32.1 Å². The summed E-state index contributed by atoms with van der Waals surface area (Å²) in [6.45, 7) is 19.1. The zero-order valence-corrected chi connectivity index (χ0v) is 36.1. The van der Waals surface area contributed by atoms with Crippen molar-refractivity contribution in [2.45, 2.75) is 169 Å². The van der Waals surface area contributed by atoms with Crippen molar-refractivity contribution in [2.24, 2.45) is 51.8 Å². The van der Waals surface area contributed by atoms with Crippen LogP contribution in [0.1, 0.15) is 140 Å². The molecule has 2 heterocycles. The van der Waals surface area contributed by atoms with Gasteiger partial charge < -0.3 is 23.7 Å². The summed E-state index contributed by atoms with van der Waals surface area (Å²) in [5.74, 6) is 1.41. The fourth-order valence-corrected chi connectivity index (χ4v) is 11.8. The molecule has 6 saturated carbocycles. The number of fused-ring (bicyclic) bond motifs is 1. The zero-order chi connectivity index (χ0) is 41.6. The van der Waals surface area contributed by atoms with Crippen molar-refractivity contribution >= 4 is 39.9 Å². The summed E-state index contributed by atoms with van der Waals surface area (Å²) in [6, 6.07) is -0.324. The van der Waals surface area contributed by atoms with E-state index >= 15 is 0 Å². The summed E-state index contributed by atoms with van der Waals surface area (Å²) in [5.41, 5.74) is -1.67. The lowest BCUT2D eigenvalue weighted by molar-refractivity contribution is -0.211. The van der Waals surface area contributed by atoms with Gasteiger partial charge in [0.15, 0.2) is 6.61 Å². The summed E-state index contributed by atoms with van der Waals surface area (Å²) in [5, 5.41) is -0.337. The van der Waals surface area contributed by atoms with Crippen molar-refractivity contribution in [2.75, 3.05) is 13.2 Å². The Balaban J connectivity index is 0.000000166. The maximum Gasteiger partial charge on any atom is 0.347 e. The van der Waals surface area contributed by atoms with Crippen LogP contribution in [0.4, 0.5) is 0 Å². The summed E-state index contributed by atoms with van der Waals surface area (Å²) in [4.78, 5) is 58.9. The SMILES string of the molecule is CCC(C)(C)C(=O)OC1(C)C2CC3CC(C2)CC1C3.CCC(C)(C)C(=O)OC1CCOC1=O.CCC(C)(C)C(=O)OCC(=O)OC1C2CC3C1NS(=O)(=O)C3C2. The molecule has 13 nitrogen and oxygen atoms in total. The maximum atomic E-state index is 12.5. The molecular weight excluding hydrogens is 743 g/mol. The first kappa shape index (κ1) is 44.4. The van der Waals surface area contributed by atoms with Gasteiger partial charge in [-0.05, 0) is 148 Å². The van der Waals surface area contributed by atoms with Gasteiger partial charge in [0.05, 0.1) is 34.1 Å². The molecule has 14 heteroatoms. The van der Waals surface area contributed by atoms with Crippen LogP contribution in [-0.4, -0.2) is 80.6 Å². The van der Waals surface area contributed by atoms with Gasteiger partial charge in [0.25, 0.3) is 0 Å². The molecule has 2 aliphatic heterocycles. The van der Waals surface area contributed by atoms with Gasteiger partial charge in [-0.25, -0.2) is 22.7 Å². The molecule has 0 aromatic carbocycles. The van der Waals surface area contributed by atoms with Gasteiger partial charge in [-0.3, -0.25) is 14.4 Å². The molecule has 8 rings (SSSR count). The molecule has 0 aromatic heterocycles. The van der Waals surface area contributed by atoms with Crippen molar-refractivity contribution < 1.29 is 56.1 Å². The Bertz CT molecular complexity index is 1590. The third kappa shape index (κ3) is 9.10. The largest absolute Gasteiger partial charge is 0.463 e. The van der Waals surface area contributed by atoms with Crippen LogP contribution in [0.5, 0.6) is 0 Å². The minimum absolute atomic E-state index is 0.0185. The second kappa shape index (κ2) is 16.5. The number of cyclic esters (lactones) is 1. The predicted molar refractivity (Wildman–Crippen MR) is 206 cm³/mol. The predicted octanol–water partition coefficient (Wildman–Crippen LogP) is 6.05. The van der Waals surface area contributed by atoms with Crippen LogP contribution in [-0.2, 0) is 57.7 Å². The maximum absolute atomic E-state index is 12.5. The average Bonchev–Trinajstić information content (AvgIpc) is 3.88. The Kier molecular flexibility index (Phi) is 13.1. The lowest BCUT2D eigenvalue weighted by atomic mass is 9.50. The standard InChI is InChI=1S/C17H28O2.C15H23NO6S.C10H16O4/c1-5-16(2,3)15(18)19-17(4)13-7-11-6-12(9-13)10-14(17)8-11;1-4-15(2,3)14(18)21-7-11(17)22-13-8-5-9-10(6-8)23(19,20)16-12(9)13;1-4-10(2,3)9(12)14-7-5-6-13-8(7)11/h11-14H,5-10H2,1-4H3;8-10,12-13,16H,4-7H2,1-3H3;7H,4-6H2,1-3H3. The lowest BCUT2D eigenvalue weighted by Gasteiger charge is -2.59. The number of hydrogen-bond acceptors (Lipinski definition) is 12. The van der Waals surface area contributed by atoms with Crippen molar-refractivity contribution in [3.05, 3.63) is 0 Å². The van der Waals surface area contributed by atoms with Gasteiger partial charge >= 0.3 is 29.8 Å². The monoisotopic (exact) mass is 809 g/mol. The number of hydrogen-bond donors (Lipinski definition) is 1. The van der Waals surface area contributed by atoms with Crippen LogP contribution in [0.2, 0.25) is 0 Å². The Labute approximate surface area is 333 Å². The van der Waals surface area contributed by atoms with Gasteiger partial charge in [-0.2, -0.15) is 0 Å².